The van der Waals surface area contributed by atoms with Crippen LogP contribution in [0.2, 0.25) is 0 Å². The fourth-order valence-electron chi connectivity index (χ4n) is 1.93. The van der Waals surface area contributed by atoms with Gasteiger partial charge in [0.05, 0.1) is 11.0 Å². The summed E-state index contributed by atoms with van der Waals surface area (Å²) in [6.45, 7) is -0.567. The summed E-state index contributed by atoms with van der Waals surface area (Å²) in [6, 6.07) is 6.84. The number of hydrogen-bond acceptors (Lipinski definition) is 2. The molecule has 2 aromatic rings. The van der Waals surface area contributed by atoms with E-state index in [1.807, 2.05) is 0 Å². The summed E-state index contributed by atoms with van der Waals surface area (Å²) in [5, 5.41) is 0. The molecule has 1 aromatic heterocycles. The fourth-order valence-corrected chi connectivity index (χ4v) is 1.93. The van der Waals surface area contributed by atoms with Crippen molar-refractivity contribution in [1.29, 1.82) is 0 Å². The monoisotopic (exact) mass is 257 g/mol. The van der Waals surface area contributed by atoms with E-state index in [1.54, 1.807) is 24.3 Å². The Morgan fingerprint density at radius 1 is 1.22 bits per heavy atom. The Labute approximate surface area is 102 Å². The van der Waals surface area contributed by atoms with Crippen LogP contribution in [0.1, 0.15) is 12.2 Å². The Kier molecular flexibility index (Phi) is 3.56. The van der Waals surface area contributed by atoms with Gasteiger partial charge in [-0.3, -0.25) is 0 Å². The summed E-state index contributed by atoms with van der Waals surface area (Å²) in [5.41, 5.74) is 6.50. The second kappa shape index (κ2) is 4.97. The maximum absolute atomic E-state index is 12.6. The van der Waals surface area contributed by atoms with Gasteiger partial charge in [0.25, 0.3) is 0 Å². The minimum absolute atomic E-state index is 0.440. The van der Waals surface area contributed by atoms with Gasteiger partial charge in [-0.15, -0.1) is 0 Å². The predicted molar refractivity (Wildman–Crippen MR) is 63.2 cm³/mol. The summed E-state index contributed by atoms with van der Waals surface area (Å²) in [7, 11) is 0. The Bertz CT molecular complexity index is 531. The molecule has 2 rings (SSSR count). The lowest BCUT2D eigenvalue weighted by Crippen LogP contribution is -2.19. The van der Waals surface area contributed by atoms with E-state index in [4.69, 9.17) is 5.73 Å². The molecular weight excluding hydrogens is 243 g/mol. The van der Waals surface area contributed by atoms with Gasteiger partial charge >= 0.3 is 6.18 Å². The van der Waals surface area contributed by atoms with E-state index >= 15 is 0 Å². The van der Waals surface area contributed by atoms with Crippen molar-refractivity contribution >= 4 is 11.0 Å². The van der Waals surface area contributed by atoms with E-state index in [2.05, 4.69) is 4.98 Å². The van der Waals surface area contributed by atoms with E-state index in [0.717, 1.165) is 0 Å². The highest BCUT2D eigenvalue weighted by Crippen LogP contribution is 2.24. The molecule has 1 heterocycles. The second-order valence-electron chi connectivity index (χ2n) is 4.11. The molecule has 0 spiro atoms. The van der Waals surface area contributed by atoms with Gasteiger partial charge in [-0.25, -0.2) is 4.98 Å². The van der Waals surface area contributed by atoms with Crippen LogP contribution >= 0.6 is 0 Å². The van der Waals surface area contributed by atoms with Crippen LogP contribution in [0.4, 0.5) is 13.2 Å². The van der Waals surface area contributed by atoms with Gasteiger partial charge in [0, 0.05) is 6.42 Å². The number of aryl methyl sites for hydroxylation is 1. The molecule has 6 heteroatoms. The number of halogens is 3. The van der Waals surface area contributed by atoms with Crippen molar-refractivity contribution in [1.82, 2.24) is 9.55 Å². The minimum atomic E-state index is -4.25. The molecule has 2 N–H and O–H groups in total. The number of nitrogens with zero attached hydrogens (tertiary/aromatic N) is 2. The normalized spacial score (nSPS) is 12.2. The molecule has 0 saturated heterocycles. The summed E-state index contributed by atoms with van der Waals surface area (Å²) in [5.74, 6) is 0.443. The van der Waals surface area contributed by atoms with Crippen LogP contribution < -0.4 is 5.73 Å². The summed E-state index contributed by atoms with van der Waals surface area (Å²) >= 11 is 0. The maximum atomic E-state index is 12.6. The standard InChI is InChI=1S/C12H14F3N3/c13-12(14,15)8-18-10-5-2-1-4-9(10)17-11(18)6-3-7-16/h1-2,4-5H,3,6-8,16H2. The molecule has 0 aliphatic carbocycles. The zero-order valence-electron chi connectivity index (χ0n) is 9.74. The van der Waals surface area contributed by atoms with Gasteiger partial charge in [0.1, 0.15) is 12.4 Å². The lowest BCUT2D eigenvalue weighted by molar-refractivity contribution is -0.140. The quantitative estimate of drug-likeness (QED) is 0.914. The Morgan fingerprint density at radius 2 is 1.94 bits per heavy atom. The number of rotatable bonds is 4. The summed E-state index contributed by atoms with van der Waals surface area (Å²) in [4.78, 5) is 4.24. The molecule has 0 unspecified atom stereocenters. The first kappa shape index (κ1) is 12.9. The van der Waals surface area contributed by atoms with E-state index in [-0.39, 0.29) is 0 Å². The van der Waals surface area contributed by atoms with Crippen LogP contribution in [0.25, 0.3) is 11.0 Å². The van der Waals surface area contributed by atoms with E-state index in [9.17, 15) is 13.2 Å². The molecule has 0 radical (unpaired) electrons. The van der Waals surface area contributed by atoms with Crippen LogP contribution in [0.15, 0.2) is 24.3 Å². The number of benzene rings is 1. The highest BCUT2D eigenvalue weighted by Gasteiger charge is 2.30. The predicted octanol–water partition coefficient (Wildman–Crippen LogP) is 2.49. The summed E-state index contributed by atoms with van der Waals surface area (Å²) < 4.78 is 39.0. The van der Waals surface area contributed by atoms with Crippen molar-refractivity contribution in [3.8, 4) is 0 Å². The molecule has 0 saturated carbocycles. The number of aromatic nitrogens is 2. The van der Waals surface area contributed by atoms with E-state index in [1.165, 1.54) is 4.57 Å². The molecule has 0 aliphatic rings. The highest BCUT2D eigenvalue weighted by atomic mass is 19.4. The molecule has 0 atom stereocenters. The molecule has 18 heavy (non-hydrogen) atoms. The van der Waals surface area contributed by atoms with E-state index in [0.29, 0.717) is 36.2 Å². The molecule has 1 aromatic carbocycles. The Balaban J connectivity index is 2.44. The molecule has 0 aliphatic heterocycles. The molecule has 3 nitrogen and oxygen atoms in total. The van der Waals surface area contributed by atoms with Crippen molar-refractivity contribution in [2.24, 2.45) is 5.73 Å². The number of imidazole rings is 1. The topological polar surface area (TPSA) is 43.8 Å². The lowest BCUT2D eigenvalue weighted by Gasteiger charge is -2.11. The number of fused-ring (bicyclic) bond motifs is 1. The summed E-state index contributed by atoms with van der Waals surface area (Å²) in [6.07, 6.45) is -3.16. The average Bonchev–Trinajstić information content (AvgIpc) is 2.63. The van der Waals surface area contributed by atoms with Gasteiger partial charge in [0.2, 0.25) is 0 Å². The van der Waals surface area contributed by atoms with Crippen molar-refractivity contribution in [2.75, 3.05) is 6.54 Å². The Morgan fingerprint density at radius 3 is 2.61 bits per heavy atom. The minimum Gasteiger partial charge on any atom is -0.330 e. The van der Waals surface area contributed by atoms with E-state index < -0.39 is 12.7 Å². The Hall–Kier alpha value is -1.56. The zero-order valence-corrected chi connectivity index (χ0v) is 9.74. The smallest absolute Gasteiger partial charge is 0.330 e. The van der Waals surface area contributed by atoms with Crippen LogP contribution in [0.3, 0.4) is 0 Å². The molecule has 0 bridgehead atoms. The SMILES string of the molecule is NCCCc1nc2ccccc2n1CC(F)(F)F. The van der Waals surface area contributed by atoms with Crippen molar-refractivity contribution in [3.63, 3.8) is 0 Å². The van der Waals surface area contributed by atoms with Crippen LogP contribution in [-0.4, -0.2) is 22.3 Å². The first-order chi connectivity index (χ1) is 8.51. The van der Waals surface area contributed by atoms with Gasteiger partial charge < -0.3 is 10.3 Å². The van der Waals surface area contributed by atoms with Crippen LogP contribution in [0.5, 0.6) is 0 Å². The molecule has 98 valence electrons. The van der Waals surface area contributed by atoms with Gasteiger partial charge in [-0.1, -0.05) is 12.1 Å². The van der Waals surface area contributed by atoms with Gasteiger partial charge in [0.15, 0.2) is 0 Å². The number of alkyl halides is 3. The molecule has 0 fully saturated rings. The maximum Gasteiger partial charge on any atom is 0.406 e. The first-order valence-electron chi connectivity index (χ1n) is 5.72. The van der Waals surface area contributed by atoms with Crippen LogP contribution in [-0.2, 0) is 13.0 Å². The zero-order chi connectivity index (χ0) is 13.2. The van der Waals surface area contributed by atoms with Gasteiger partial charge in [-0.2, -0.15) is 13.2 Å². The highest BCUT2D eigenvalue weighted by molar-refractivity contribution is 5.75. The van der Waals surface area contributed by atoms with Crippen molar-refractivity contribution < 1.29 is 13.2 Å². The largest absolute Gasteiger partial charge is 0.406 e. The number of hydrogen-bond donors (Lipinski definition) is 1. The third-order valence-electron chi connectivity index (χ3n) is 2.68. The fraction of sp³-hybridized carbons (Fsp3) is 0.417. The average molecular weight is 257 g/mol. The van der Waals surface area contributed by atoms with Crippen LogP contribution in [0, 0.1) is 0 Å². The second-order valence-corrected chi connectivity index (χ2v) is 4.11. The van der Waals surface area contributed by atoms with Gasteiger partial charge in [-0.05, 0) is 25.1 Å². The number of nitrogens with two attached hydrogens (primary N) is 1. The first-order valence-corrected chi connectivity index (χ1v) is 5.72. The van der Waals surface area contributed by atoms with Crippen molar-refractivity contribution in [3.05, 3.63) is 30.1 Å². The van der Waals surface area contributed by atoms with Crippen molar-refractivity contribution in [2.45, 2.75) is 25.6 Å². The molecule has 0 amide bonds. The third-order valence-corrected chi connectivity index (χ3v) is 2.68. The number of para-hydroxylation sites is 2. The third kappa shape index (κ3) is 2.81. The molecular formula is C12H14F3N3. The lowest BCUT2D eigenvalue weighted by atomic mass is 10.3.